The van der Waals surface area contributed by atoms with Crippen LogP contribution in [0.3, 0.4) is 0 Å². The van der Waals surface area contributed by atoms with Crippen LogP contribution in [0.1, 0.15) is 25.6 Å². The van der Waals surface area contributed by atoms with Crippen LogP contribution >= 0.6 is 0 Å². The molecule has 1 aromatic heterocycles. The molecule has 0 aromatic carbocycles. The molecule has 0 aliphatic heterocycles. The number of hydrogen-bond acceptors (Lipinski definition) is 4. The number of nitrogens with zero attached hydrogens (tertiary/aromatic N) is 3. The monoisotopic (exact) mass is 281 g/mol. The lowest BCUT2D eigenvalue weighted by atomic mass is 9.96. The second kappa shape index (κ2) is 5.48. The second-order valence-electron chi connectivity index (χ2n) is 5.27. The summed E-state index contributed by atoms with van der Waals surface area (Å²) in [6.45, 7) is 1.92. The third kappa shape index (κ3) is 3.06. The lowest BCUT2D eigenvalue weighted by molar-refractivity contribution is -0.144. The van der Waals surface area contributed by atoms with Crippen molar-refractivity contribution in [3.8, 4) is 0 Å². The van der Waals surface area contributed by atoms with E-state index in [2.05, 4.69) is 20.8 Å². The van der Waals surface area contributed by atoms with E-state index < -0.39 is 17.5 Å². The average molecular weight is 281 g/mol. The number of hydrogen-bond donors (Lipinski definition) is 3. The Morgan fingerprint density at radius 1 is 1.55 bits per heavy atom. The lowest BCUT2D eigenvalue weighted by Crippen LogP contribution is -2.56. The van der Waals surface area contributed by atoms with Crippen molar-refractivity contribution in [2.75, 3.05) is 6.54 Å². The molecule has 3 N–H and O–H groups in total. The molecule has 0 radical (unpaired) electrons. The van der Waals surface area contributed by atoms with Crippen molar-refractivity contribution in [1.82, 2.24) is 25.4 Å². The largest absolute Gasteiger partial charge is 0.480 e. The molecule has 0 bridgehead atoms. The first-order valence-electron chi connectivity index (χ1n) is 6.55. The quantitative estimate of drug-likeness (QED) is 0.675. The molecule has 1 fully saturated rings. The van der Waals surface area contributed by atoms with E-state index in [0.717, 1.165) is 18.7 Å². The number of amides is 2. The van der Waals surface area contributed by atoms with Gasteiger partial charge in [0.2, 0.25) is 0 Å². The van der Waals surface area contributed by atoms with Crippen molar-refractivity contribution in [1.29, 1.82) is 0 Å². The maximum absolute atomic E-state index is 11.8. The van der Waals surface area contributed by atoms with Gasteiger partial charge in [0.25, 0.3) is 0 Å². The summed E-state index contributed by atoms with van der Waals surface area (Å²) >= 11 is 0. The van der Waals surface area contributed by atoms with Crippen molar-refractivity contribution in [2.45, 2.75) is 31.7 Å². The third-order valence-electron chi connectivity index (χ3n) is 3.65. The Morgan fingerprint density at radius 3 is 2.75 bits per heavy atom. The van der Waals surface area contributed by atoms with Gasteiger partial charge >= 0.3 is 12.0 Å². The number of carboxylic acid groups (broad SMARTS) is 1. The van der Waals surface area contributed by atoms with Gasteiger partial charge in [-0.2, -0.15) is 0 Å². The van der Waals surface area contributed by atoms with Gasteiger partial charge < -0.3 is 20.3 Å². The summed E-state index contributed by atoms with van der Waals surface area (Å²) in [5.41, 5.74) is -1.19. The molecule has 1 aliphatic carbocycles. The van der Waals surface area contributed by atoms with Crippen LogP contribution < -0.4 is 10.6 Å². The van der Waals surface area contributed by atoms with E-state index in [1.54, 1.807) is 17.8 Å². The number of carboxylic acids is 1. The molecule has 1 unspecified atom stereocenters. The van der Waals surface area contributed by atoms with Gasteiger partial charge in [-0.1, -0.05) is 0 Å². The zero-order valence-corrected chi connectivity index (χ0v) is 11.6. The fourth-order valence-corrected chi connectivity index (χ4v) is 2.09. The molecule has 1 atom stereocenters. The zero-order valence-electron chi connectivity index (χ0n) is 11.6. The number of carbonyl (C=O) groups is 2. The van der Waals surface area contributed by atoms with E-state index >= 15 is 0 Å². The summed E-state index contributed by atoms with van der Waals surface area (Å²) < 4.78 is 1.77. The highest BCUT2D eigenvalue weighted by atomic mass is 16.4. The summed E-state index contributed by atoms with van der Waals surface area (Å²) in [7, 11) is 1.82. The molecule has 1 heterocycles. The third-order valence-corrected chi connectivity index (χ3v) is 3.65. The van der Waals surface area contributed by atoms with Gasteiger partial charge in [0.15, 0.2) is 0 Å². The first kappa shape index (κ1) is 14.3. The summed E-state index contributed by atoms with van der Waals surface area (Å²) in [6.07, 6.45) is 3.80. The van der Waals surface area contributed by atoms with Crippen molar-refractivity contribution < 1.29 is 14.7 Å². The molecule has 2 amide bonds. The van der Waals surface area contributed by atoms with Crippen molar-refractivity contribution in [2.24, 2.45) is 13.0 Å². The maximum atomic E-state index is 11.8. The highest BCUT2D eigenvalue weighted by Crippen LogP contribution is 2.39. The van der Waals surface area contributed by atoms with E-state index in [-0.39, 0.29) is 5.92 Å². The van der Waals surface area contributed by atoms with Gasteiger partial charge in [-0.15, -0.1) is 10.2 Å². The molecule has 2 rings (SSSR count). The predicted octanol–water partition coefficient (Wildman–Crippen LogP) is -0.0899. The van der Waals surface area contributed by atoms with Crippen LogP contribution in [-0.4, -0.2) is 44.0 Å². The van der Waals surface area contributed by atoms with Gasteiger partial charge in [-0.05, 0) is 25.7 Å². The number of nitrogens with one attached hydrogen (secondary N) is 2. The Balaban J connectivity index is 1.80. The smallest absolute Gasteiger partial charge is 0.329 e. The first-order chi connectivity index (χ1) is 9.43. The summed E-state index contributed by atoms with van der Waals surface area (Å²) in [5.74, 6) is -0.221. The molecule has 8 nitrogen and oxygen atoms in total. The fourth-order valence-electron chi connectivity index (χ4n) is 2.09. The summed E-state index contributed by atoms with van der Waals surface area (Å²) in [4.78, 5) is 23.1. The predicted molar refractivity (Wildman–Crippen MR) is 70.0 cm³/mol. The number of urea groups is 1. The van der Waals surface area contributed by atoms with Crippen LogP contribution in [0.25, 0.3) is 0 Å². The molecule has 110 valence electrons. The minimum absolute atomic E-state index is 0.0180. The van der Waals surface area contributed by atoms with Gasteiger partial charge in [-0.25, -0.2) is 9.59 Å². The van der Waals surface area contributed by atoms with Crippen molar-refractivity contribution >= 4 is 12.0 Å². The van der Waals surface area contributed by atoms with Gasteiger partial charge in [0, 0.05) is 20.0 Å². The Morgan fingerprint density at radius 2 is 2.25 bits per heavy atom. The van der Waals surface area contributed by atoms with Crippen LogP contribution in [0, 0.1) is 5.92 Å². The van der Waals surface area contributed by atoms with E-state index in [1.165, 1.54) is 0 Å². The van der Waals surface area contributed by atoms with Crippen LogP contribution in [-0.2, 0) is 18.3 Å². The highest BCUT2D eigenvalue weighted by molar-refractivity contribution is 5.86. The van der Waals surface area contributed by atoms with E-state index in [9.17, 15) is 14.7 Å². The maximum Gasteiger partial charge on any atom is 0.329 e. The lowest BCUT2D eigenvalue weighted by Gasteiger charge is -2.26. The molecule has 1 aliphatic rings. The fraction of sp³-hybridized carbons (Fsp3) is 0.667. The minimum atomic E-state index is -1.19. The number of aryl methyl sites for hydroxylation is 1. The number of aliphatic carboxylic acids is 1. The van der Waals surface area contributed by atoms with Gasteiger partial charge in [0.05, 0.1) is 0 Å². The Hall–Kier alpha value is -2.12. The molecule has 20 heavy (non-hydrogen) atoms. The van der Waals surface area contributed by atoms with Crippen LogP contribution in [0.15, 0.2) is 6.33 Å². The molecular formula is C12H19N5O3. The Labute approximate surface area is 116 Å². The normalized spacial score (nSPS) is 17.3. The minimum Gasteiger partial charge on any atom is -0.480 e. The van der Waals surface area contributed by atoms with E-state index in [0.29, 0.717) is 13.0 Å². The first-order valence-corrected chi connectivity index (χ1v) is 6.55. The van der Waals surface area contributed by atoms with Gasteiger partial charge in [-0.3, -0.25) is 0 Å². The molecule has 1 aromatic rings. The van der Waals surface area contributed by atoms with E-state index in [4.69, 9.17) is 0 Å². The molecular weight excluding hydrogens is 262 g/mol. The second-order valence-corrected chi connectivity index (χ2v) is 5.27. The highest BCUT2D eigenvalue weighted by Gasteiger charge is 2.48. The van der Waals surface area contributed by atoms with E-state index in [1.807, 2.05) is 7.05 Å². The molecule has 0 saturated heterocycles. The standard InChI is InChI=1S/C12H19N5O3/c1-12(10(18)19,8-3-4-8)15-11(20)13-6-5-9-16-14-7-17(9)2/h7-8H,3-6H2,1-2H3,(H,18,19)(H2,13,15,20). The topological polar surface area (TPSA) is 109 Å². The summed E-state index contributed by atoms with van der Waals surface area (Å²) in [6, 6.07) is -0.469. The van der Waals surface area contributed by atoms with Gasteiger partial charge in [0.1, 0.15) is 17.7 Å². The average Bonchev–Trinajstić information content (AvgIpc) is 3.15. The van der Waals surface area contributed by atoms with Crippen LogP contribution in [0.5, 0.6) is 0 Å². The molecule has 8 heteroatoms. The molecule has 0 spiro atoms. The van der Waals surface area contributed by atoms with Crippen LogP contribution in [0.4, 0.5) is 4.79 Å². The number of rotatable bonds is 6. The van der Waals surface area contributed by atoms with Crippen LogP contribution in [0.2, 0.25) is 0 Å². The Kier molecular flexibility index (Phi) is 3.91. The zero-order chi connectivity index (χ0) is 14.8. The number of aromatic nitrogens is 3. The number of carbonyl (C=O) groups excluding carboxylic acids is 1. The summed E-state index contributed by atoms with van der Waals surface area (Å²) in [5, 5.41) is 22.1. The Bertz CT molecular complexity index is 511. The van der Waals surface area contributed by atoms with Crippen molar-refractivity contribution in [3.05, 3.63) is 12.2 Å². The SMILES string of the molecule is Cn1cnnc1CCNC(=O)NC(C)(C(=O)O)C1CC1. The molecule has 1 saturated carbocycles. The van der Waals surface area contributed by atoms with Crippen molar-refractivity contribution in [3.63, 3.8) is 0 Å².